The van der Waals surface area contributed by atoms with Crippen molar-refractivity contribution in [3.63, 3.8) is 0 Å². The van der Waals surface area contributed by atoms with Gasteiger partial charge in [-0.05, 0) is 65.7 Å². The summed E-state index contributed by atoms with van der Waals surface area (Å²) in [6.07, 6.45) is 9.74. The van der Waals surface area contributed by atoms with Gasteiger partial charge >= 0.3 is 0 Å². The van der Waals surface area contributed by atoms with Crippen LogP contribution in [0.2, 0.25) is 0 Å². The lowest BCUT2D eigenvalue weighted by Gasteiger charge is -2.34. The van der Waals surface area contributed by atoms with E-state index >= 15 is 0 Å². The van der Waals surface area contributed by atoms with Crippen molar-refractivity contribution in [2.24, 2.45) is 5.92 Å². The predicted octanol–water partition coefficient (Wildman–Crippen LogP) is 4.23. The maximum Gasteiger partial charge on any atom is 0.0653 e. The van der Waals surface area contributed by atoms with Crippen molar-refractivity contribution in [3.05, 3.63) is 23.3 Å². The molecule has 0 spiro atoms. The third-order valence-electron chi connectivity index (χ3n) is 3.72. The maximum absolute atomic E-state index is 10.5. The van der Waals surface area contributed by atoms with Crippen molar-refractivity contribution in [2.45, 2.75) is 65.4 Å². The topological polar surface area (TPSA) is 20.2 Å². The number of hydrogen-bond donors (Lipinski definition) is 1. The minimum Gasteiger partial charge on any atom is -0.390 e. The molecule has 0 aromatic heterocycles. The molecule has 1 rings (SSSR count). The Morgan fingerprint density at radius 3 is 2.75 bits per heavy atom. The van der Waals surface area contributed by atoms with Gasteiger partial charge in [0.15, 0.2) is 0 Å². The van der Waals surface area contributed by atoms with Crippen molar-refractivity contribution in [1.82, 2.24) is 0 Å². The first-order valence-corrected chi connectivity index (χ1v) is 6.43. The normalized spacial score (nSPS) is 24.6. The van der Waals surface area contributed by atoms with Crippen LogP contribution in [0.3, 0.4) is 0 Å². The Morgan fingerprint density at radius 1 is 1.56 bits per heavy atom. The first-order chi connectivity index (χ1) is 7.42. The van der Waals surface area contributed by atoms with Crippen LogP contribution in [0.1, 0.15) is 59.8 Å². The molecule has 1 heteroatoms. The molecule has 1 unspecified atom stereocenters. The Balaban J connectivity index is 2.47. The Bertz CT molecular complexity index is 280. The zero-order valence-corrected chi connectivity index (χ0v) is 11.2. The summed E-state index contributed by atoms with van der Waals surface area (Å²) in [4.78, 5) is 0. The summed E-state index contributed by atoms with van der Waals surface area (Å²) in [5.41, 5.74) is 2.33. The van der Waals surface area contributed by atoms with Crippen molar-refractivity contribution in [3.8, 4) is 0 Å². The molecule has 0 amide bonds. The van der Waals surface area contributed by atoms with Crippen molar-refractivity contribution in [1.29, 1.82) is 0 Å². The quantitative estimate of drug-likeness (QED) is 0.706. The lowest BCUT2D eigenvalue weighted by atomic mass is 9.76. The monoisotopic (exact) mass is 222 g/mol. The molecule has 1 aliphatic carbocycles. The SMILES string of the molecule is CC(C)=CCC[C@](C)(O)C1CC=C(C)CC1. The molecule has 0 bridgehead atoms. The van der Waals surface area contributed by atoms with E-state index in [1.54, 1.807) is 0 Å². The van der Waals surface area contributed by atoms with E-state index in [0.717, 1.165) is 32.1 Å². The Morgan fingerprint density at radius 2 is 2.25 bits per heavy atom. The molecule has 92 valence electrons. The second kappa shape index (κ2) is 5.67. The lowest BCUT2D eigenvalue weighted by molar-refractivity contribution is -0.0122. The van der Waals surface area contributed by atoms with Crippen LogP contribution in [-0.2, 0) is 0 Å². The van der Waals surface area contributed by atoms with Gasteiger partial charge in [0.1, 0.15) is 0 Å². The summed E-state index contributed by atoms with van der Waals surface area (Å²) in [6.45, 7) is 8.42. The smallest absolute Gasteiger partial charge is 0.0653 e. The Hall–Kier alpha value is -0.560. The maximum atomic E-state index is 10.5. The fraction of sp³-hybridized carbons (Fsp3) is 0.733. The van der Waals surface area contributed by atoms with Gasteiger partial charge in [0.25, 0.3) is 0 Å². The van der Waals surface area contributed by atoms with Crippen LogP contribution in [0.5, 0.6) is 0 Å². The van der Waals surface area contributed by atoms with Crippen LogP contribution < -0.4 is 0 Å². The summed E-state index contributed by atoms with van der Waals surface area (Å²) >= 11 is 0. The highest BCUT2D eigenvalue weighted by molar-refractivity contribution is 5.06. The van der Waals surface area contributed by atoms with Crippen LogP contribution in [0.15, 0.2) is 23.3 Å². The minimum absolute atomic E-state index is 0.446. The van der Waals surface area contributed by atoms with Gasteiger partial charge in [-0.15, -0.1) is 0 Å². The summed E-state index contributed by atoms with van der Waals surface area (Å²) in [5, 5.41) is 10.5. The molecule has 0 aliphatic heterocycles. The van der Waals surface area contributed by atoms with Crippen molar-refractivity contribution < 1.29 is 5.11 Å². The predicted molar refractivity (Wildman–Crippen MR) is 70.4 cm³/mol. The number of aliphatic hydroxyl groups is 1. The molecule has 0 saturated heterocycles. The van der Waals surface area contributed by atoms with Gasteiger partial charge in [0.2, 0.25) is 0 Å². The first kappa shape index (κ1) is 13.5. The molecule has 16 heavy (non-hydrogen) atoms. The molecule has 0 heterocycles. The molecular weight excluding hydrogens is 196 g/mol. The van der Waals surface area contributed by atoms with E-state index in [9.17, 15) is 5.11 Å². The zero-order valence-electron chi connectivity index (χ0n) is 11.2. The third-order valence-corrected chi connectivity index (χ3v) is 3.72. The van der Waals surface area contributed by atoms with Gasteiger partial charge in [-0.2, -0.15) is 0 Å². The van der Waals surface area contributed by atoms with E-state index in [2.05, 4.69) is 32.9 Å². The molecule has 1 nitrogen and oxygen atoms in total. The van der Waals surface area contributed by atoms with Crippen LogP contribution in [0, 0.1) is 5.92 Å². The molecule has 2 atom stereocenters. The van der Waals surface area contributed by atoms with Gasteiger partial charge in [0, 0.05) is 0 Å². The highest BCUT2D eigenvalue weighted by atomic mass is 16.3. The Labute approximate surface area is 100 Å². The first-order valence-electron chi connectivity index (χ1n) is 6.43. The molecule has 0 fully saturated rings. The average molecular weight is 222 g/mol. The van der Waals surface area contributed by atoms with E-state index in [1.165, 1.54) is 11.1 Å². The van der Waals surface area contributed by atoms with Crippen LogP contribution in [-0.4, -0.2) is 10.7 Å². The standard InChI is InChI=1S/C15H26O/c1-12(2)6-5-11-15(4,16)14-9-7-13(3)8-10-14/h6-7,14,16H,5,8-11H2,1-4H3/t14?,15-/m0/s1. The number of allylic oxidation sites excluding steroid dienone is 4. The fourth-order valence-corrected chi connectivity index (χ4v) is 2.39. The van der Waals surface area contributed by atoms with E-state index < -0.39 is 5.60 Å². The second-order valence-electron chi connectivity index (χ2n) is 5.70. The largest absolute Gasteiger partial charge is 0.390 e. The molecular formula is C15H26O. The van der Waals surface area contributed by atoms with Gasteiger partial charge < -0.3 is 5.11 Å². The van der Waals surface area contributed by atoms with Crippen molar-refractivity contribution in [2.75, 3.05) is 0 Å². The van der Waals surface area contributed by atoms with Crippen LogP contribution in [0.4, 0.5) is 0 Å². The number of rotatable bonds is 4. The molecule has 1 aliphatic rings. The van der Waals surface area contributed by atoms with Crippen LogP contribution >= 0.6 is 0 Å². The van der Waals surface area contributed by atoms with Gasteiger partial charge in [-0.25, -0.2) is 0 Å². The summed E-state index contributed by atoms with van der Waals surface area (Å²) in [5.74, 6) is 0.446. The van der Waals surface area contributed by atoms with E-state index in [1.807, 2.05) is 6.92 Å². The van der Waals surface area contributed by atoms with Gasteiger partial charge in [0.05, 0.1) is 5.60 Å². The highest BCUT2D eigenvalue weighted by Crippen LogP contribution is 2.34. The molecule has 0 aromatic rings. The fourth-order valence-electron chi connectivity index (χ4n) is 2.39. The van der Waals surface area contributed by atoms with Gasteiger partial charge in [-0.1, -0.05) is 23.3 Å². The molecule has 0 aromatic carbocycles. The lowest BCUT2D eigenvalue weighted by Crippen LogP contribution is -2.35. The van der Waals surface area contributed by atoms with E-state index in [0.29, 0.717) is 5.92 Å². The zero-order chi connectivity index (χ0) is 12.2. The summed E-state index contributed by atoms with van der Waals surface area (Å²) < 4.78 is 0. The molecule has 0 radical (unpaired) electrons. The number of hydrogen-bond acceptors (Lipinski definition) is 1. The third kappa shape index (κ3) is 4.13. The van der Waals surface area contributed by atoms with E-state index in [4.69, 9.17) is 0 Å². The summed E-state index contributed by atoms with van der Waals surface area (Å²) in [6, 6.07) is 0. The van der Waals surface area contributed by atoms with E-state index in [-0.39, 0.29) is 0 Å². The van der Waals surface area contributed by atoms with Crippen molar-refractivity contribution >= 4 is 0 Å². The molecule has 0 saturated carbocycles. The Kier molecular flexibility index (Phi) is 4.79. The highest BCUT2D eigenvalue weighted by Gasteiger charge is 2.31. The molecule has 1 N–H and O–H groups in total. The van der Waals surface area contributed by atoms with Gasteiger partial charge in [-0.3, -0.25) is 0 Å². The summed E-state index contributed by atoms with van der Waals surface area (Å²) in [7, 11) is 0. The minimum atomic E-state index is -0.497. The van der Waals surface area contributed by atoms with Crippen LogP contribution in [0.25, 0.3) is 0 Å². The average Bonchev–Trinajstić information content (AvgIpc) is 2.17. The second-order valence-corrected chi connectivity index (χ2v) is 5.70.